The normalized spacial score (nSPS) is 17.7. The van der Waals surface area contributed by atoms with E-state index in [-0.39, 0.29) is 38.9 Å². The lowest BCUT2D eigenvalue weighted by Crippen LogP contribution is -2.48. The molecule has 1 saturated heterocycles. The van der Waals surface area contributed by atoms with Gasteiger partial charge in [-0.05, 0) is 12.8 Å². The summed E-state index contributed by atoms with van der Waals surface area (Å²) in [7, 11) is 0. The highest BCUT2D eigenvalue weighted by atomic mass is 35.5. The van der Waals surface area contributed by atoms with Gasteiger partial charge in [-0.3, -0.25) is 9.59 Å². The molecular weight excluding hydrogens is 429 g/mol. The number of hydrogen-bond acceptors (Lipinski definition) is 3. The second-order valence-corrected chi connectivity index (χ2v) is 6.67. The minimum Gasteiger partial charge on any atom is -0.345 e. The van der Waals surface area contributed by atoms with E-state index < -0.39 is 30.6 Å². The molecule has 0 spiro atoms. The van der Waals surface area contributed by atoms with Gasteiger partial charge < -0.3 is 10.2 Å². The maximum atomic E-state index is 12.6. The number of nitrogens with zero attached hydrogens (tertiary/aromatic N) is 2. The van der Waals surface area contributed by atoms with Crippen LogP contribution in [-0.2, 0) is 4.79 Å². The molecule has 2 heterocycles. The van der Waals surface area contributed by atoms with Crippen LogP contribution in [0.3, 0.4) is 0 Å². The largest absolute Gasteiger partial charge is 0.405 e. The summed E-state index contributed by atoms with van der Waals surface area (Å²) in [5.74, 6) is -1.68. The van der Waals surface area contributed by atoms with Crippen molar-refractivity contribution in [1.82, 2.24) is 15.2 Å². The average molecular weight is 439 g/mol. The number of rotatable bonds is 3. The van der Waals surface area contributed by atoms with E-state index in [0.29, 0.717) is 6.42 Å². The van der Waals surface area contributed by atoms with Crippen molar-refractivity contribution in [2.45, 2.75) is 25.1 Å². The molecule has 1 N–H and O–H groups in total. The van der Waals surface area contributed by atoms with Crippen molar-refractivity contribution in [3.8, 4) is 0 Å². The highest BCUT2D eigenvalue weighted by molar-refractivity contribution is 6.52. The van der Waals surface area contributed by atoms with Gasteiger partial charge in [-0.2, -0.15) is 13.2 Å². The molecule has 1 fully saturated rings. The van der Waals surface area contributed by atoms with Crippen molar-refractivity contribution in [1.29, 1.82) is 0 Å². The molecule has 0 saturated carbocycles. The minimum atomic E-state index is -4.55. The fourth-order valence-electron chi connectivity index (χ4n) is 2.35. The number of hydrogen-bond donors (Lipinski definition) is 1. The van der Waals surface area contributed by atoms with Crippen molar-refractivity contribution >= 4 is 58.2 Å². The molecule has 1 atom stereocenters. The van der Waals surface area contributed by atoms with E-state index >= 15 is 0 Å². The van der Waals surface area contributed by atoms with Gasteiger partial charge in [0.05, 0.1) is 15.1 Å². The number of alkyl halides is 3. The molecule has 12 heteroatoms. The number of nitrogens with one attached hydrogen (secondary N) is 1. The Bertz CT molecular complexity index is 715. The quantitative estimate of drug-likeness (QED) is 0.726. The molecule has 0 aromatic carbocycles. The van der Waals surface area contributed by atoms with Crippen LogP contribution in [0.1, 0.15) is 23.3 Å². The molecule has 5 nitrogen and oxygen atoms in total. The molecule has 1 aromatic rings. The molecule has 1 aromatic heterocycles. The smallest absolute Gasteiger partial charge is 0.345 e. The zero-order valence-corrected chi connectivity index (χ0v) is 15.3. The molecule has 1 aliphatic rings. The Kier molecular flexibility index (Phi) is 6.30. The number of carbonyl (C=O) groups is 2. The fourth-order valence-corrected chi connectivity index (χ4v) is 3.16. The monoisotopic (exact) mass is 437 g/mol. The Morgan fingerprint density at radius 2 is 1.80 bits per heavy atom. The van der Waals surface area contributed by atoms with Crippen LogP contribution in [0.4, 0.5) is 13.2 Å². The molecule has 0 aliphatic carbocycles. The van der Waals surface area contributed by atoms with Crippen molar-refractivity contribution in [3.63, 3.8) is 0 Å². The summed E-state index contributed by atoms with van der Waals surface area (Å²) in [5.41, 5.74) is -0.323. The Morgan fingerprint density at radius 1 is 1.16 bits per heavy atom. The Morgan fingerprint density at radius 3 is 2.40 bits per heavy atom. The standard InChI is InChI=1S/C13H10Cl4F3N3O2/c14-6-7(15)9(22-10(17)8(6)16)12(25)23-3-1-2-5(23)11(24)21-4-13(18,19)20/h5H,1-4H2,(H,21,24). The van der Waals surface area contributed by atoms with Crippen LogP contribution >= 0.6 is 46.4 Å². The van der Waals surface area contributed by atoms with E-state index in [9.17, 15) is 22.8 Å². The maximum Gasteiger partial charge on any atom is 0.405 e. The average Bonchev–Trinajstić information content (AvgIpc) is 3.02. The van der Waals surface area contributed by atoms with Crippen LogP contribution in [0.2, 0.25) is 20.2 Å². The molecule has 138 valence electrons. The second-order valence-electron chi connectivity index (χ2n) is 5.18. The molecular formula is C13H10Cl4F3N3O2. The summed E-state index contributed by atoms with van der Waals surface area (Å²) < 4.78 is 36.7. The van der Waals surface area contributed by atoms with Gasteiger partial charge in [-0.25, -0.2) is 4.98 Å². The Balaban J connectivity index is 2.23. The number of amides is 2. The van der Waals surface area contributed by atoms with E-state index in [0.717, 1.165) is 4.90 Å². The first-order valence-electron chi connectivity index (χ1n) is 6.88. The van der Waals surface area contributed by atoms with Gasteiger partial charge in [0.2, 0.25) is 5.91 Å². The van der Waals surface area contributed by atoms with Crippen LogP contribution in [0.25, 0.3) is 0 Å². The first-order chi connectivity index (χ1) is 11.5. The molecule has 2 rings (SSSR count). The number of likely N-dealkylation sites (tertiary alicyclic amines) is 1. The molecule has 2 amide bonds. The van der Waals surface area contributed by atoms with Crippen LogP contribution < -0.4 is 5.32 Å². The number of carbonyl (C=O) groups excluding carboxylic acids is 2. The third kappa shape index (κ3) is 4.61. The predicted molar refractivity (Wildman–Crippen MR) is 87.4 cm³/mol. The van der Waals surface area contributed by atoms with E-state index in [1.54, 1.807) is 5.32 Å². The van der Waals surface area contributed by atoms with E-state index in [2.05, 4.69) is 4.98 Å². The predicted octanol–water partition coefficient (Wildman–Crippen LogP) is 3.98. The summed E-state index contributed by atoms with van der Waals surface area (Å²) in [5, 5.41) is 0.952. The van der Waals surface area contributed by atoms with Gasteiger partial charge in [0, 0.05) is 6.54 Å². The molecule has 25 heavy (non-hydrogen) atoms. The maximum absolute atomic E-state index is 12.6. The molecule has 1 unspecified atom stereocenters. The van der Waals surface area contributed by atoms with Gasteiger partial charge in [0.25, 0.3) is 5.91 Å². The van der Waals surface area contributed by atoms with Crippen molar-refractivity contribution < 1.29 is 22.8 Å². The van der Waals surface area contributed by atoms with Crippen LogP contribution in [0.5, 0.6) is 0 Å². The Hall–Kier alpha value is -0.960. The van der Waals surface area contributed by atoms with Crippen molar-refractivity contribution in [3.05, 3.63) is 25.9 Å². The lowest BCUT2D eigenvalue weighted by Gasteiger charge is -2.24. The lowest BCUT2D eigenvalue weighted by molar-refractivity contribution is -0.140. The van der Waals surface area contributed by atoms with Crippen LogP contribution in [0.15, 0.2) is 0 Å². The lowest BCUT2D eigenvalue weighted by atomic mass is 10.2. The summed E-state index contributed by atoms with van der Waals surface area (Å²) in [6, 6.07) is -1.07. The van der Waals surface area contributed by atoms with Gasteiger partial charge in [0.15, 0.2) is 0 Å². The van der Waals surface area contributed by atoms with Crippen molar-refractivity contribution in [2.75, 3.05) is 13.1 Å². The number of pyridine rings is 1. The fraction of sp³-hybridized carbons (Fsp3) is 0.462. The third-order valence-corrected chi connectivity index (χ3v) is 5.14. The first-order valence-corrected chi connectivity index (χ1v) is 8.39. The topological polar surface area (TPSA) is 62.3 Å². The summed E-state index contributed by atoms with van der Waals surface area (Å²) in [6.07, 6.45) is -3.91. The highest BCUT2D eigenvalue weighted by Crippen LogP contribution is 2.37. The molecule has 0 radical (unpaired) electrons. The SMILES string of the molecule is O=C(NCC(F)(F)F)C1CCCN1C(=O)c1nc(Cl)c(Cl)c(Cl)c1Cl. The summed E-state index contributed by atoms with van der Waals surface area (Å²) in [6.45, 7) is -1.33. The summed E-state index contributed by atoms with van der Waals surface area (Å²) >= 11 is 23.4. The molecule has 1 aliphatic heterocycles. The minimum absolute atomic E-state index is 0.134. The number of aromatic nitrogens is 1. The van der Waals surface area contributed by atoms with Crippen molar-refractivity contribution in [2.24, 2.45) is 0 Å². The van der Waals surface area contributed by atoms with E-state index in [1.165, 1.54) is 0 Å². The van der Waals surface area contributed by atoms with E-state index in [1.807, 2.05) is 0 Å². The van der Waals surface area contributed by atoms with Gasteiger partial charge in [-0.15, -0.1) is 0 Å². The summed E-state index contributed by atoms with van der Waals surface area (Å²) in [4.78, 5) is 29.5. The van der Waals surface area contributed by atoms with Crippen LogP contribution in [0, 0.1) is 0 Å². The zero-order valence-electron chi connectivity index (χ0n) is 12.3. The van der Waals surface area contributed by atoms with Gasteiger partial charge >= 0.3 is 6.18 Å². The number of halogens is 7. The van der Waals surface area contributed by atoms with E-state index in [4.69, 9.17) is 46.4 Å². The molecule has 0 bridgehead atoms. The Labute approximate surface area is 160 Å². The van der Waals surface area contributed by atoms with Gasteiger partial charge in [0.1, 0.15) is 23.4 Å². The second kappa shape index (κ2) is 7.73. The zero-order chi connectivity index (χ0) is 18.9. The van der Waals surface area contributed by atoms with Crippen LogP contribution in [-0.4, -0.2) is 47.0 Å². The third-order valence-electron chi connectivity index (χ3n) is 3.47. The van der Waals surface area contributed by atoms with Gasteiger partial charge in [-0.1, -0.05) is 46.4 Å². The highest BCUT2D eigenvalue weighted by Gasteiger charge is 2.38. The first kappa shape index (κ1) is 20.4.